The van der Waals surface area contributed by atoms with Crippen molar-refractivity contribution in [3.63, 3.8) is 0 Å². The third-order valence-corrected chi connectivity index (χ3v) is 5.99. The molecule has 0 spiro atoms. The van der Waals surface area contributed by atoms with E-state index in [1.165, 1.54) is 11.5 Å². The molecule has 0 radical (unpaired) electrons. The molecule has 0 N–H and O–H groups in total. The standard InChI is InChI=1S/C6HBr3N2S2/c7-2-1-3(12-4(2)8)5-10-6(9)11-13-5/h1H. The van der Waals surface area contributed by atoms with E-state index in [0.29, 0.717) is 4.73 Å². The van der Waals surface area contributed by atoms with Gasteiger partial charge in [0, 0.05) is 4.47 Å². The van der Waals surface area contributed by atoms with E-state index >= 15 is 0 Å². The first-order chi connectivity index (χ1) is 6.16. The number of halogens is 3. The predicted octanol–water partition coefficient (Wildman–Crippen LogP) is 4.55. The maximum atomic E-state index is 4.23. The van der Waals surface area contributed by atoms with E-state index in [2.05, 4.69) is 57.1 Å². The third-order valence-electron chi connectivity index (χ3n) is 1.26. The Bertz CT molecular complexity index is 417. The van der Waals surface area contributed by atoms with Crippen LogP contribution in [0.25, 0.3) is 9.88 Å². The zero-order valence-electron chi connectivity index (χ0n) is 5.92. The van der Waals surface area contributed by atoms with Crippen LogP contribution in [-0.4, -0.2) is 9.36 Å². The van der Waals surface area contributed by atoms with Crippen molar-refractivity contribution in [1.29, 1.82) is 0 Å². The lowest BCUT2D eigenvalue weighted by atomic mass is 10.5. The quantitative estimate of drug-likeness (QED) is 0.696. The summed E-state index contributed by atoms with van der Waals surface area (Å²) in [5.41, 5.74) is 0. The second kappa shape index (κ2) is 4.06. The van der Waals surface area contributed by atoms with Gasteiger partial charge in [-0.1, -0.05) is 0 Å². The minimum Gasteiger partial charge on any atom is -0.208 e. The summed E-state index contributed by atoms with van der Waals surface area (Å²) >= 11 is 13.1. The summed E-state index contributed by atoms with van der Waals surface area (Å²) in [5.74, 6) is 0. The Morgan fingerprint density at radius 2 is 2.00 bits per heavy atom. The number of hydrogen-bond donors (Lipinski definition) is 0. The highest BCUT2D eigenvalue weighted by Crippen LogP contribution is 2.38. The van der Waals surface area contributed by atoms with E-state index in [1.807, 2.05) is 6.07 Å². The minimum absolute atomic E-state index is 0.646. The summed E-state index contributed by atoms with van der Waals surface area (Å²) < 4.78 is 6.83. The van der Waals surface area contributed by atoms with Crippen LogP contribution in [0.5, 0.6) is 0 Å². The molecule has 0 aliphatic rings. The van der Waals surface area contributed by atoms with Gasteiger partial charge in [-0.25, -0.2) is 4.98 Å². The van der Waals surface area contributed by atoms with Crippen LogP contribution in [0.2, 0.25) is 0 Å². The van der Waals surface area contributed by atoms with Crippen LogP contribution >= 0.6 is 70.7 Å². The summed E-state index contributed by atoms with van der Waals surface area (Å²) in [4.78, 5) is 5.34. The number of hydrogen-bond acceptors (Lipinski definition) is 4. The van der Waals surface area contributed by atoms with Crippen LogP contribution in [0, 0.1) is 0 Å². The van der Waals surface area contributed by atoms with Crippen LogP contribution in [0.1, 0.15) is 0 Å². The van der Waals surface area contributed by atoms with Crippen molar-refractivity contribution in [2.45, 2.75) is 0 Å². The Hall–Kier alpha value is 0.700. The fourth-order valence-corrected chi connectivity index (χ4v) is 3.91. The molecule has 0 aliphatic carbocycles. The predicted molar refractivity (Wildman–Crippen MR) is 66.3 cm³/mol. The highest BCUT2D eigenvalue weighted by molar-refractivity contribution is 9.13. The summed E-state index contributed by atoms with van der Waals surface area (Å²) in [6, 6.07) is 2.03. The molecular weight excluding hydrogens is 404 g/mol. The fourth-order valence-electron chi connectivity index (χ4n) is 0.758. The molecule has 7 heteroatoms. The van der Waals surface area contributed by atoms with Gasteiger partial charge in [0.1, 0.15) is 0 Å². The molecule has 0 saturated heterocycles. The molecule has 13 heavy (non-hydrogen) atoms. The van der Waals surface area contributed by atoms with E-state index in [4.69, 9.17) is 0 Å². The second-order valence-corrected chi connectivity index (χ2v) is 6.79. The SMILES string of the molecule is Brc1nsc(-c2cc(Br)c(Br)s2)n1. The lowest BCUT2D eigenvalue weighted by molar-refractivity contribution is 1.26. The molecule has 2 aromatic heterocycles. The van der Waals surface area contributed by atoms with Gasteiger partial charge in [-0.3, -0.25) is 0 Å². The van der Waals surface area contributed by atoms with Crippen molar-refractivity contribution in [2.24, 2.45) is 0 Å². The Balaban J connectivity index is 2.46. The van der Waals surface area contributed by atoms with E-state index in [-0.39, 0.29) is 0 Å². The molecule has 68 valence electrons. The number of thiophene rings is 1. The molecule has 0 fully saturated rings. The smallest absolute Gasteiger partial charge is 0.208 e. The van der Waals surface area contributed by atoms with Crippen LogP contribution in [-0.2, 0) is 0 Å². The van der Waals surface area contributed by atoms with Crippen molar-refractivity contribution in [1.82, 2.24) is 9.36 Å². The summed E-state index contributed by atoms with van der Waals surface area (Å²) in [7, 11) is 0. The van der Waals surface area contributed by atoms with Gasteiger partial charge in [-0.2, -0.15) is 4.37 Å². The normalized spacial score (nSPS) is 10.7. The highest BCUT2D eigenvalue weighted by atomic mass is 79.9. The molecule has 0 aromatic carbocycles. The molecule has 2 rings (SSSR count). The fraction of sp³-hybridized carbons (Fsp3) is 0. The van der Waals surface area contributed by atoms with Crippen molar-refractivity contribution < 1.29 is 0 Å². The summed E-state index contributed by atoms with van der Waals surface area (Å²) in [6.07, 6.45) is 0. The van der Waals surface area contributed by atoms with Gasteiger partial charge in [0.15, 0.2) is 5.01 Å². The van der Waals surface area contributed by atoms with E-state index in [9.17, 15) is 0 Å². The molecule has 0 aliphatic heterocycles. The average Bonchev–Trinajstić information content (AvgIpc) is 2.61. The third kappa shape index (κ3) is 2.20. The van der Waals surface area contributed by atoms with Gasteiger partial charge >= 0.3 is 0 Å². The zero-order valence-corrected chi connectivity index (χ0v) is 12.3. The molecule has 0 atom stereocenters. The summed E-state index contributed by atoms with van der Waals surface area (Å²) in [5, 5.41) is 0.934. The average molecular weight is 405 g/mol. The van der Waals surface area contributed by atoms with Gasteiger partial charge in [0.05, 0.1) is 8.66 Å². The van der Waals surface area contributed by atoms with Gasteiger partial charge in [0.2, 0.25) is 4.73 Å². The van der Waals surface area contributed by atoms with Gasteiger partial charge in [-0.05, 0) is 65.4 Å². The zero-order chi connectivity index (χ0) is 9.42. The van der Waals surface area contributed by atoms with Gasteiger partial charge in [0.25, 0.3) is 0 Å². The maximum absolute atomic E-state index is 4.23. The molecular formula is C6HBr3N2S2. The summed E-state index contributed by atoms with van der Waals surface area (Å²) in [6.45, 7) is 0. The van der Waals surface area contributed by atoms with Crippen molar-refractivity contribution in [2.75, 3.05) is 0 Å². The Morgan fingerprint density at radius 3 is 2.46 bits per heavy atom. The number of aromatic nitrogens is 2. The first-order valence-electron chi connectivity index (χ1n) is 3.11. The molecule has 2 aromatic rings. The van der Waals surface area contributed by atoms with Crippen LogP contribution < -0.4 is 0 Å². The van der Waals surface area contributed by atoms with E-state index in [1.54, 1.807) is 11.3 Å². The highest BCUT2D eigenvalue weighted by Gasteiger charge is 2.10. The first kappa shape index (κ1) is 10.2. The lowest BCUT2D eigenvalue weighted by Gasteiger charge is -1.82. The van der Waals surface area contributed by atoms with Gasteiger partial charge in [-0.15, -0.1) is 11.3 Å². The monoisotopic (exact) mass is 402 g/mol. The topological polar surface area (TPSA) is 25.8 Å². The van der Waals surface area contributed by atoms with Crippen molar-refractivity contribution in [3.8, 4) is 9.88 Å². The maximum Gasteiger partial charge on any atom is 0.209 e. The lowest BCUT2D eigenvalue weighted by Crippen LogP contribution is -1.67. The van der Waals surface area contributed by atoms with Crippen LogP contribution in [0.15, 0.2) is 19.1 Å². The minimum atomic E-state index is 0.646. The number of nitrogens with zero attached hydrogens (tertiary/aromatic N) is 2. The molecule has 0 bridgehead atoms. The molecule has 0 amide bonds. The van der Waals surface area contributed by atoms with Crippen molar-refractivity contribution >= 4 is 70.7 Å². The van der Waals surface area contributed by atoms with Gasteiger partial charge < -0.3 is 0 Å². The van der Waals surface area contributed by atoms with Crippen LogP contribution in [0.4, 0.5) is 0 Å². The molecule has 2 nitrogen and oxygen atoms in total. The van der Waals surface area contributed by atoms with Crippen molar-refractivity contribution in [3.05, 3.63) is 19.1 Å². The molecule has 0 saturated carbocycles. The Morgan fingerprint density at radius 1 is 1.23 bits per heavy atom. The molecule has 2 heterocycles. The van der Waals surface area contributed by atoms with E-state index in [0.717, 1.165) is 18.1 Å². The van der Waals surface area contributed by atoms with E-state index < -0.39 is 0 Å². The number of rotatable bonds is 1. The Kier molecular flexibility index (Phi) is 3.19. The Labute approximate surface area is 108 Å². The largest absolute Gasteiger partial charge is 0.209 e. The molecule has 0 unspecified atom stereocenters. The first-order valence-corrected chi connectivity index (χ1v) is 7.08. The second-order valence-electron chi connectivity index (χ2n) is 2.10. The van der Waals surface area contributed by atoms with Crippen LogP contribution in [0.3, 0.4) is 0 Å².